The smallest absolute Gasteiger partial charge is 0.248 e. The van der Waals surface area contributed by atoms with Crippen molar-refractivity contribution in [2.24, 2.45) is 0 Å². The Kier molecular flexibility index (Phi) is 4.44. The van der Waals surface area contributed by atoms with E-state index in [4.69, 9.17) is 9.47 Å². The zero-order valence-electron chi connectivity index (χ0n) is 12.5. The minimum Gasteiger partial charge on any atom is -0.450 e. The molecule has 0 saturated heterocycles. The lowest BCUT2D eigenvalue weighted by atomic mass is 9.92. The molecule has 0 saturated carbocycles. The molecule has 0 fully saturated rings. The van der Waals surface area contributed by atoms with Crippen LogP contribution in [0.1, 0.15) is 44.1 Å². The van der Waals surface area contributed by atoms with Crippen LogP contribution in [-0.2, 0) is 0 Å². The number of fused-ring (bicyclic) bond motifs is 1. The first kappa shape index (κ1) is 14.0. The Hall–Kier alpha value is -1.96. The summed E-state index contributed by atoms with van der Waals surface area (Å²) in [5.74, 6) is 2.00. The van der Waals surface area contributed by atoms with E-state index in [2.05, 4.69) is 37.3 Å². The maximum Gasteiger partial charge on any atom is 0.248 e. The highest BCUT2D eigenvalue weighted by Gasteiger charge is 2.32. The molecule has 2 heteroatoms. The van der Waals surface area contributed by atoms with E-state index in [-0.39, 0.29) is 12.2 Å². The molecule has 3 rings (SSSR count). The molecule has 0 bridgehead atoms. The fraction of sp³-hybridized carbons (Fsp3) is 0.368. The van der Waals surface area contributed by atoms with Crippen LogP contribution in [0.25, 0.3) is 0 Å². The van der Waals surface area contributed by atoms with Crippen molar-refractivity contribution >= 4 is 0 Å². The molecule has 0 N–H and O–H groups in total. The number of benzene rings is 2. The van der Waals surface area contributed by atoms with Gasteiger partial charge in [0.15, 0.2) is 11.5 Å². The zero-order valence-corrected chi connectivity index (χ0v) is 12.5. The van der Waals surface area contributed by atoms with Gasteiger partial charge in [0.1, 0.15) is 0 Å². The fourth-order valence-corrected chi connectivity index (χ4v) is 2.86. The Morgan fingerprint density at radius 2 is 1.48 bits per heavy atom. The molecule has 2 nitrogen and oxygen atoms in total. The van der Waals surface area contributed by atoms with E-state index in [1.54, 1.807) is 0 Å². The van der Waals surface area contributed by atoms with Crippen molar-refractivity contribution in [1.82, 2.24) is 0 Å². The number of rotatable bonds is 6. The first-order valence-corrected chi connectivity index (χ1v) is 7.86. The van der Waals surface area contributed by atoms with E-state index in [0.717, 1.165) is 17.9 Å². The molecule has 1 heterocycles. The van der Waals surface area contributed by atoms with Crippen molar-refractivity contribution in [3.63, 3.8) is 0 Å². The highest BCUT2D eigenvalue weighted by atomic mass is 16.7. The standard InChI is InChI=1S/C19H22O2/c1-2-3-5-12-16(15-10-6-4-7-11-15)19-20-17-13-8-9-14-18(17)21-19/h4,6-11,13-14,16,19H,2-3,5,12H2,1H3. The summed E-state index contributed by atoms with van der Waals surface area (Å²) in [6, 6.07) is 18.5. The molecular weight excluding hydrogens is 260 g/mol. The van der Waals surface area contributed by atoms with Gasteiger partial charge in [-0.1, -0.05) is 68.7 Å². The monoisotopic (exact) mass is 282 g/mol. The molecule has 2 aromatic rings. The second-order valence-electron chi connectivity index (χ2n) is 5.56. The van der Waals surface area contributed by atoms with E-state index in [9.17, 15) is 0 Å². The van der Waals surface area contributed by atoms with Crippen molar-refractivity contribution < 1.29 is 9.47 Å². The third-order valence-corrected chi connectivity index (χ3v) is 4.01. The molecule has 0 amide bonds. The highest BCUT2D eigenvalue weighted by Crippen LogP contribution is 2.40. The molecule has 1 aliphatic heterocycles. The molecule has 0 spiro atoms. The molecule has 1 atom stereocenters. The van der Waals surface area contributed by atoms with Crippen molar-refractivity contribution in [1.29, 1.82) is 0 Å². The van der Waals surface area contributed by atoms with Gasteiger partial charge in [-0.25, -0.2) is 0 Å². The fourth-order valence-electron chi connectivity index (χ4n) is 2.86. The van der Waals surface area contributed by atoms with Gasteiger partial charge in [-0.3, -0.25) is 0 Å². The minimum atomic E-state index is -0.207. The van der Waals surface area contributed by atoms with E-state index in [1.165, 1.54) is 24.8 Å². The Morgan fingerprint density at radius 1 is 0.857 bits per heavy atom. The minimum absolute atomic E-state index is 0.207. The highest BCUT2D eigenvalue weighted by molar-refractivity contribution is 5.42. The van der Waals surface area contributed by atoms with Crippen LogP contribution in [0, 0.1) is 0 Å². The summed E-state index contributed by atoms with van der Waals surface area (Å²) in [5.41, 5.74) is 1.30. The predicted octanol–water partition coefficient (Wildman–Crippen LogP) is 5.15. The lowest BCUT2D eigenvalue weighted by molar-refractivity contribution is 0.0205. The first-order valence-electron chi connectivity index (χ1n) is 7.86. The Bertz CT molecular complexity index is 540. The van der Waals surface area contributed by atoms with Gasteiger partial charge in [-0.05, 0) is 24.1 Å². The second-order valence-corrected chi connectivity index (χ2v) is 5.56. The number of ether oxygens (including phenoxy) is 2. The summed E-state index contributed by atoms with van der Waals surface area (Å²) < 4.78 is 12.1. The molecule has 2 aromatic carbocycles. The Labute approximate surface area is 126 Å². The number of hydrogen-bond acceptors (Lipinski definition) is 2. The van der Waals surface area contributed by atoms with Gasteiger partial charge in [0.05, 0.1) is 5.92 Å². The molecule has 21 heavy (non-hydrogen) atoms. The van der Waals surface area contributed by atoms with Crippen LogP contribution in [0.15, 0.2) is 54.6 Å². The lowest BCUT2D eigenvalue weighted by Gasteiger charge is -2.23. The third-order valence-electron chi connectivity index (χ3n) is 4.01. The maximum absolute atomic E-state index is 6.03. The van der Waals surface area contributed by atoms with E-state index in [0.29, 0.717) is 0 Å². The van der Waals surface area contributed by atoms with Crippen LogP contribution in [0.2, 0.25) is 0 Å². The van der Waals surface area contributed by atoms with E-state index in [1.807, 2.05) is 24.3 Å². The molecule has 1 unspecified atom stereocenters. The van der Waals surface area contributed by atoms with Gasteiger partial charge < -0.3 is 9.47 Å². The average Bonchev–Trinajstić information content (AvgIpc) is 2.96. The van der Waals surface area contributed by atoms with Crippen LogP contribution >= 0.6 is 0 Å². The van der Waals surface area contributed by atoms with Crippen LogP contribution in [0.4, 0.5) is 0 Å². The largest absolute Gasteiger partial charge is 0.450 e. The Balaban J connectivity index is 1.77. The molecule has 0 radical (unpaired) electrons. The average molecular weight is 282 g/mol. The summed E-state index contributed by atoms with van der Waals surface area (Å²) in [6.45, 7) is 2.23. The van der Waals surface area contributed by atoms with Gasteiger partial charge >= 0.3 is 0 Å². The lowest BCUT2D eigenvalue weighted by Crippen LogP contribution is -2.27. The number of hydrogen-bond donors (Lipinski definition) is 0. The van der Waals surface area contributed by atoms with Gasteiger partial charge in [-0.15, -0.1) is 0 Å². The summed E-state index contributed by atoms with van der Waals surface area (Å²) in [6.07, 6.45) is 4.57. The summed E-state index contributed by atoms with van der Waals surface area (Å²) in [5, 5.41) is 0. The molecule has 0 aromatic heterocycles. The van der Waals surface area contributed by atoms with Crippen molar-refractivity contribution in [3.05, 3.63) is 60.2 Å². The van der Waals surface area contributed by atoms with Crippen LogP contribution in [0.5, 0.6) is 11.5 Å². The molecular formula is C19H22O2. The molecule has 0 aliphatic carbocycles. The summed E-state index contributed by atoms with van der Waals surface area (Å²) in [4.78, 5) is 0. The van der Waals surface area contributed by atoms with Gasteiger partial charge in [0.2, 0.25) is 6.29 Å². The SMILES string of the molecule is CCCCCC(c1ccccc1)C1Oc2ccccc2O1. The number of para-hydroxylation sites is 2. The second kappa shape index (κ2) is 6.66. The van der Waals surface area contributed by atoms with E-state index >= 15 is 0 Å². The summed E-state index contributed by atoms with van der Waals surface area (Å²) in [7, 11) is 0. The van der Waals surface area contributed by atoms with Gasteiger partial charge in [0, 0.05) is 0 Å². The molecule has 1 aliphatic rings. The number of unbranched alkanes of at least 4 members (excludes halogenated alkanes) is 2. The quantitative estimate of drug-likeness (QED) is 0.682. The maximum atomic E-state index is 6.03. The van der Waals surface area contributed by atoms with Crippen molar-refractivity contribution in [3.8, 4) is 11.5 Å². The first-order chi connectivity index (χ1) is 10.4. The van der Waals surface area contributed by atoms with E-state index < -0.39 is 0 Å². The molecule has 110 valence electrons. The van der Waals surface area contributed by atoms with Crippen LogP contribution in [0.3, 0.4) is 0 Å². The third kappa shape index (κ3) is 3.21. The van der Waals surface area contributed by atoms with Crippen LogP contribution in [-0.4, -0.2) is 6.29 Å². The van der Waals surface area contributed by atoms with Crippen molar-refractivity contribution in [2.75, 3.05) is 0 Å². The normalized spacial score (nSPS) is 15.1. The van der Waals surface area contributed by atoms with Crippen LogP contribution < -0.4 is 9.47 Å². The zero-order chi connectivity index (χ0) is 14.5. The van der Waals surface area contributed by atoms with Crippen molar-refractivity contribution in [2.45, 2.75) is 44.8 Å². The summed E-state index contributed by atoms with van der Waals surface area (Å²) >= 11 is 0. The Morgan fingerprint density at radius 3 is 2.10 bits per heavy atom. The predicted molar refractivity (Wildman–Crippen MR) is 84.8 cm³/mol. The van der Waals surface area contributed by atoms with Gasteiger partial charge in [0.25, 0.3) is 0 Å². The van der Waals surface area contributed by atoms with Gasteiger partial charge in [-0.2, -0.15) is 0 Å². The topological polar surface area (TPSA) is 18.5 Å².